The zero-order valence-corrected chi connectivity index (χ0v) is 14.5. The lowest BCUT2D eigenvalue weighted by Gasteiger charge is -2.37. The van der Waals surface area contributed by atoms with Crippen molar-refractivity contribution in [2.45, 2.75) is 32.1 Å². The largest absolute Gasteiger partial charge is 0.481 e. The first kappa shape index (κ1) is 17.5. The molecule has 2 unspecified atom stereocenters. The van der Waals surface area contributed by atoms with Crippen LogP contribution < -0.4 is 4.90 Å². The summed E-state index contributed by atoms with van der Waals surface area (Å²) in [5.41, 5.74) is 1.92. The van der Waals surface area contributed by atoms with Crippen LogP contribution in [-0.2, 0) is 14.4 Å². The Balaban J connectivity index is 1.77. The SMILES string of the molecule is CCC(=O)N1CCN(c2ccccc2C2CC(C(=O)O)CC2=O)CC1. The average Bonchev–Trinajstić information content (AvgIpc) is 3.03. The number of rotatable bonds is 4. The summed E-state index contributed by atoms with van der Waals surface area (Å²) >= 11 is 0. The summed E-state index contributed by atoms with van der Waals surface area (Å²) in [7, 11) is 0. The first-order valence-corrected chi connectivity index (χ1v) is 8.88. The molecule has 134 valence electrons. The number of anilines is 1. The van der Waals surface area contributed by atoms with Gasteiger partial charge in [-0.3, -0.25) is 14.4 Å². The molecular weight excluding hydrogens is 320 g/mol. The smallest absolute Gasteiger partial charge is 0.306 e. The molecule has 2 atom stereocenters. The van der Waals surface area contributed by atoms with Crippen molar-refractivity contribution in [2.75, 3.05) is 31.1 Å². The molecule has 0 radical (unpaired) electrons. The van der Waals surface area contributed by atoms with Gasteiger partial charge in [0.1, 0.15) is 5.78 Å². The molecule has 1 heterocycles. The maximum absolute atomic E-state index is 12.4. The highest BCUT2D eigenvalue weighted by atomic mass is 16.4. The van der Waals surface area contributed by atoms with E-state index in [9.17, 15) is 19.5 Å². The maximum Gasteiger partial charge on any atom is 0.306 e. The Morgan fingerprint density at radius 1 is 1.16 bits per heavy atom. The number of hydrogen-bond donors (Lipinski definition) is 1. The molecule has 6 heteroatoms. The van der Waals surface area contributed by atoms with Gasteiger partial charge in [-0.15, -0.1) is 0 Å². The van der Waals surface area contributed by atoms with Gasteiger partial charge in [0.05, 0.1) is 5.92 Å². The number of nitrogens with zero attached hydrogens (tertiary/aromatic N) is 2. The van der Waals surface area contributed by atoms with E-state index in [0.29, 0.717) is 25.9 Å². The number of carbonyl (C=O) groups excluding carboxylic acids is 2. The van der Waals surface area contributed by atoms with Crippen molar-refractivity contribution in [2.24, 2.45) is 5.92 Å². The van der Waals surface area contributed by atoms with E-state index >= 15 is 0 Å². The Hall–Kier alpha value is -2.37. The fourth-order valence-corrected chi connectivity index (χ4v) is 3.86. The van der Waals surface area contributed by atoms with Crippen LogP contribution in [0.4, 0.5) is 5.69 Å². The van der Waals surface area contributed by atoms with E-state index in [1.54, 1.807) is 0 Å². The van der Waals surface area contributed by atoms with E-state index in [1.807, 2.05) is 36.1 Å². The van der Waals surface area contributed by atoms with Crippen molar-refractivity contribution in [3.8, 4) is 0 Å². The summed E-state index contributed by atoms with van der Waals surface area (Å²) in [6.45, 7) is 4.68. The first-order valence-electron chi connectivity index (χ1n) is 8.88. The lowest BCUT2D eigenvalue weighted by Crippen LogP contribution is -2.49. The summed E-state index contributed by atoms with van der Waals surface area (Å²) in [5, 5.41) is 9.22. The summed E-state index contributed by atoms with van der Waals surface area (Å²) < 4.78 is 0. The molecule has 2 aliphatic rings. The van der Waals surface area contributed by atoms with Crippen molar-refractivity contribution in [3.05, 3.63) is 29.8 Å². The van der Waals surface area contributed by atoms with Crippen molar-refractivity contribution < 1.29 is 19.5 Å². The Morgan fingerprint density at radius 3 is 2.44 bits per heavy atom. The second kappa shape index (κ2) is 7.25. The number of para-hydroxylation sites is 1. The molecular formula is C19H24N2O4. The minimum atomic E-state index is -0.889. The fourth-order valence-electron chi connectivity index (χ4n) is 3.86. The monoisotopic (exact) mass is 344 g/mol. The minimum Gasteiger partial charge on any atom is -0.481 e. The van der Waals surface area contributed by atoms with Crippen molar-refractivity contribution >= 4 is 23.3 Å². The molecule has 1 aliphatic heterocycles. The third-order valence-electron chi connectivity index (χ3n) is 5.29. The molecule has 6 nitrogen and oxygen atoms in total. The molecule has 25 heavy (non-hydrogen) atoms. The zero-order valence-electron chi connectivity index (χ0n) is 14.5. The first-order chi connectivity index (χ1) is 12.0. The number of aliphatic carboxylic acids is 1. The Kier molecular flexibility index (Phi) is 5.06. The summed E-state index contributed by atoms with van der Waals surface area (Å²) in [6, 6.07) is 7.77. The number of Topliss-reactive ketones (excluding diaryl/α,β-unsaturated/α-hetero) is 1. The number of ketones is 1. The normalized spacial score (nSPS) is 23.8. The zero-order chi connectivity index (χ0) is 18.0. The molecule has 1 N–H and O–H groups in total. The summed E-state index contributed by atoms with van der Waals surface area (Å²) in [6.07, 6.45) is 1.01. The molecule has 2 fully saturated rings. The molecule has 0 spiro atoms. The highest BCUT2D eigenvalue weighted by Crippen LogP contribution is 2.40. The van der Waals surface area contributed by atoms with Crippen molar-refractivity contribution in [3.63, 3.8) is 0 Å². The lowest BCUT2D eigenvalue weighted by atomic mass is 9.93. The maximum atomic E-state index is 12.4. The van der Waals surface area contributed by atoms with E-state index in [2.05, 4.69) is 4.90 Å². The minimum absolute atomic E-state index is 0.0136. The van der Waals surface area contributed by atoms with Crippen LogP contribution in [0.5, 0.6) is 0 Å². The number of piperazine rings is 1. The van der Waals surface area contributed by atoms with Gasteiger partial charge in [0.15, 0.2) is 0 Å². The van der Waals surface area contributed by atoms with Gasteiger partial charge in [-0.1, -0.05) is 25.1 Å². The van der Waals surface area contributed by atoms with Gasteiger partial charge in [-0.05, 0) is 18.1 Å². The third kappa shape index (κ3) is 3.52. The van der Waals surface area contributed by atoms with Crippen LogP contribution in [0.1, 0.15) is 37.7 Å². The number of hydrogen-bond acceptors (Lipinski definition) is 4. The standard InChI is InChI=1S/C19H24N2O4/c1-2-18(23)21-9-7-20(8-10-21)16-6-4-3-5-14(16)15-11-13(19(24)25)12-17(15)22/h3-6,13,15H,2,7-12H2,1H3,(H,24,25). The second-order valence-corrected chi connectivity index (χ2v) is 6.77. The Bertz CT molecular complexity index is 680. The van der Waals surface area contributed by atoms with Crippen LogP contribution in [0.15, 0.2) is 24.3 Å². The van der Waals surface area contributed by atoms with Crippen LogP contribution >= 0.6 is 0 Å². The highest BCUT2D eigenvalue weighted by molar-refractivity contribution is 5.94. The van der Waals surface area contributed by atoms with Crippen LogP contribution in [0.25, 0.3) is 0 Å². The fraction of sp³-hybridized carbons (Fsp3) is 0.526. The summed E-state index contributed by atoms with van der Waals surface area (Å²) in [4.78, 5) is 39.5. The van der Waals surface area contributed by atoms with Crippen molar-refractivity contribution in [1.82, 2.24) is 4.90 Å². The van der Waals surface area contributed by atoms with Gasteiger partial charge in [0.25, 0.3) is 0 Å². The average molecular weight is 344 g/mol. The predicted octanol–water partition coefficient (Wildman–Crippen LogP) is 1.89. The van der Waals surface area contributed by atoms with Crippen molar-refractivity contribution in [1.29, 1.82) is 0 Å². The molecule has 1 aromatic carbocycles. The van der Waals surface area contributed by atoms with Crippen LogP contribution in [0.2, 0.25) is 0 Å². The molecule has 1 aliphatic carbocycles. The van der Waals surface area contributed by atoms with Gasteiger partial charge in [0, 0.05) is 50.6 Å². The molecule has 1 saturated heterocycles. The molecule has 1 saturated carbocycles. The Morgan fingerprint density at radius 2 is 1.84 bits per heavy atom. The molecule has 3 rings (SSSR count). The third-order valence-corrected chi connectivity index (χ3v) is 5.29. The van der Waals surface area contributed by atoms with Crippen LogP contribution in [0.3, 0.4) is 0 Å². The highest BCUT2D eigenvalue weighted by Gasteiger charge is 2.39. The number of carboxylic acid groups (broad SMARTS) is 1. The van der Waals surface area contributed by atoms with E-state index in [1.165, 1.54) is 0 Å². The quantitative estimate of drug-likeness (QED) is 0.902. The second-order valence-electron chi connectivity index (χ2n) is 6.77. The predicted molar refractivity (Wildman–Crippen MR) is 93.6 cm³/mol. The molecule has 1 aromatic rings. The van der Waals surface area contributed by atoms with E-state index < -0.39 is 11.9 Å². The van der Waals surface area contributed by atoms with E-state index in [0.717, 1.165) is 24.3 Å². The molecule has 0 bridgehead atoms. The topological polar surface area (TPSA) is 77.9 Å². The number of amides is 1. The van der Waals surface area contributed by atoms with Gasteiger partial charge < -0.3 is 14.9 Å². The Labute approximate surface area is 147 Å². The number of benzene rings is 1. The van der Waals surface area contributed by atoms with E-state index in [-0.39, 0.29) is 24.0 Å². The number of carbonyl (C=O) groups is 3. The number of carboxylic acids is 1. The van der Waals surface area contributed by atoms with Gasteiger partial charge in [-0.25, -0.2) is 0 Å². The molecule has 0 aromatic heterocycles. The van der Waals surface area contributed by atoms with E-state index in [4.69, 9.17) is 0 Å². The van der Waals surface area contributed by atoms with Crippen LogP contribution in [0, 0.1) is 5.92 Å². The van der Waals surface area contributed by atoms with Gasteiger partial charge in [0.2, 0.25) is 5.91 Å². The van der Waals surface area contributed by atoms with Gasteiger partial charge in [-0.2, -0.15) is 0 Å². The lowest BCUT2D eigenvalue weighted by molar-refractivity contribution is -0.142. The molecule has 1 amide bonds. The van der Waals surface area contributed by atoms with Gasteiger partial charge >= 0.3 is 5.97 Å². The summed E-state index contributed by atoms with van der Waals surface area (Å²) in [5.74, 6) is -1.62. The van der Waals surface area contributed by atoms with Crippen LogP contribution in [-0.4, -0.2) is 53.8 Å².